The highest BCUT2D eigenvalue weighted by atomic mass is 35.5. The molecule has 67 heavy (non-hydrogen) atoms. The van der Waals surface area contributed by atoms with Gasteiger partial charge in [0.25, 0.3) is 0 Å². The number of methoxy groups -OCH3 is 2. The van der Waals surface area contributed by atoms with Crippen molar-refractivity contribution in [2.75, 3.05) is 86.5 Å². The lowest BCUT2D eigenvalue weighted by atomic mass is 10.0. The molecule has 2 aliphatic heterocycles. The summed E-state index contributed by atoms with van der Waals surface area (Å²) in [4.78, 5) is 53.1. The molecular formula is C42H53ClF2N10O10S2. The summed E-state index contributed by atoms with van der Waals surface area (Å²) in [5, 5.41) is 6.25. The lowest BCUT2D eigenvalue weighted by Gasteiger charge is -2.31. The Morgan fingerprint density at radius 1 is 0.701 bits per heavy atom. The van der Waals surface area contributed by atoms with Crippen molar-refractivity contribution in [3.63, 3.8) is 0 Å². The normalized spacial score (nSPS) is 15.2. The topological polar surface area (TPSA) is 281 Å². The molecule has 0 atom stereocenters. The zero-order valence-corrected chi connectivity index (χ0v) is 39.4. The highest BCUT2D eigenvalue weighted by Crippen LogP contribution is 2.27. The second kappa shape index (κ2) is 23.8. The van der Waals surface area contributed by atoms with E-state index in [-0.39, 0.29) is 93.9 Å². The Labute approximate surface area is 392 Å². The molecule has 2 aliphatic rings. The van der Waals surface area contributed by atoms with Crippen LogP contribution in [0.15, 0.2) is 48.8 Å². The number of sulfonamides is 2. The molecule has 0 spiro atoms. The third-order valence-electron chi connectivity index (χ3n) is 10.7. The molecule has 6 rings (SSSR count). The molecule has 6 N–H and O–H groups in total. The first-order valence-corrected chi connectivity index (χ1v) is 24.8. The number of hydrogen-bond acceptors (Lipinski definition) is 18. The van der Waals surface area contributed by atoms with E-state index in [2.05, 4.69) is 30.6 Å². The minimum Gasteiger partial charge on any atom is -0.496 e. The van der Waals surface area contributed by atoms with Gasteiger partial charge in [0.15, 0.2) is 0 Å². The summed E-state index contributed by atoms with van der Waals surface area (Å²) in [6.07, 6.45) is 5.39. The van der Waals surface area contributed by atoms with Gasteiger partial charge in [-0.2, -0.15) is 9.97 Å². The van der Waals surface area contributed by atoms with Gasteiger partial charge in [-0.25, -0.2) is 44.2 Å². The van der Waals surface area contributed by atoms with E-state index in [0.717, 1.165) is 12.1 Å². The summed E-state index contributed by atoms with van der Waals surface area (Å²) < 4.78 is 94.7. The first kappa shape index (κ1) is 52.2. The van der Waals surface area contributed by atoms with Crippen molar-refractivity contribution < 1.29 is 54.2 Å². The van der Waals surface area contributed by atoms with E-state index in [4.69, 9.17) is 37.3 Å². The van der Waals surface area contributed by atoms with Crippen molar-refractivity contribution in [1.82, 2.24) is 28.5 Å². The number of carbonyl (C=O) groups excluding carboxylic acids is 3. The first-order chi connectivity index (χ1) is 31.8. The van der Waals surface area contributed by atoms with Gasteiger partial charge in [-0.3, -0.25) is 14.4 Å². The number of piperidine rings is 2. The van der Waals surface area contributed by atoms with Crippen LogP contribution in [0, 0.1) is 11.6 Å². The predicted molar refractivity (Wildman–Crippen MR) is 246 cm³/mol. The number of carbonyl (C=O) groups is 3. The van der Waals surface area contributed by atoms with E-state index in [1.165, 1.54) is 66.4 Å². The van der Waals surface area contributed by atoms with Gasteiger partial charge in [0.1, 0.15) is 34.8 Å². The van der Waals surface area contributed by atoms with Gasteiger partial charge in [0.05, 0.1) is 54.6 Å². The minimum atomic E-state index is -3.45. The van der Waals surface area contributed by atoms with Crippen LogP contribution in [0.5, 0.6) is 11.5 Å². The highest BCUT2D eigenvalue weighted by molar-refractivity contribution is 7.89. The van der Waals surface area contributed by atoms with Crippen LogP contribution in [0.2, 0.25) is 0 Å². The number of halogens is 3. The number of nitrogen functional groups attached to an aromatic ring is 2. The number of aromatic nitrogens is 4. The summed E-state index contributed by atoms with van der Waals surface area (Å²) in [6.45, 7) is 2.74. The van der Waals surface area contributed by atoms with Gasteiger partial charge in [-0.05, 0) is 74.9 Å². The van der Waals surface area contributed by atoms with Crippen molar-refractivity contribution in [3.8, 4) is 11.5 Å². The SMILES string of the molecule is COc1ccc(F)cc1C(=O)c1cnc(NC2CCN(S(=O)(=O)CCCCl)CC2)nc1N.COc1ccc(F)cc1C(=O)c1cnc(NC2CCN(S(=O)(=O)CCCOC(C)=O)CC2)nc1N. The summed E-state index contributed by atoms with van der Waals surface area (Å²) in [6, 6.07) is 7.08. The number of esters is 1. The van der Waals surface area contributed by atoms with Crippen LogP contribution in [0.25, 0.3) is 0 Å². The fourth-order valence-corrected chi connectivity index (χ4v) is 10.5. The number of nitrogens with one attached hydrogen (secondary N) is 2. The van der Waals surface area contributed by atoms with E-state index in [9.17, 15) is 40.0 Å². The van der Waals surface area contributed by atoms with Crippen molar-refractivity contribution >= 4 is 72.7 Å². The summed E-state index contributed by atoms with van der Waals surface area (Å²) in [5.74, 6) is -1.77. The summed E-state index contributed by atoms with van der Waals surface area (Å²) in [7, 11) is -4.00. The maximum atomic E-state index is 13.7. The number of ether oxygens (including phenoxy) is 3. The van der Waals surface area contributed by atoms with E-state index in [0.29, 0.717) is 64.2 Å². The van der Waals surface area contributed by atoms with Crippen LogP contribution in [0.1, 0.15) is 77.3 Å². The van der Waals surface area contributed by atoms with Gasteiger partial charge in [-0.15, -0.1) is 11.6 Å². The molecule has 2 aromatic heterocycles. The highest BCUT2D eigenvalue weighted by Gasteiger charge is 2.30. The van der Waals surface area contributed by atoms with E-state index in [1.807, 2.05) is 0 Å². The third kappa shape index (κ3) is 14.3. The Morgan fingerprint density at radius 2 is 1.10 bits per heavy atom. The van der Waals surface area contributed by atoms with E-state index >= 15 is 0 Å². The molecule has 0 unspecified atom stereocenters. The number of benzene rings is 2. The molecule has 0 bridgehead atoms. The molecule has 0 amide bonds. The van der Waals surface area contributed by atoms with Crippen molar-refractivity contribution in [1.29, 1.82) is 0 Å². The molecule has 2 saturated heterocycles. The Balaban J connectivity index is 0.000000252. The molecule has 2 aromatic carbocycles. The lowest BCUT2D eigenvalue weighted by molar-refractivity contribution is -0.140. The molecule has 4 aromatic rings. The molecule has 364 valence electrons. The Morgan fingerprint density at radius 3 is 1.46 bits per heavy atom. The number of ketones is 2. The zero-order chi connectivity index (χ0) is 48.9. The monoisotopic (exact) mass is 994 g/mol. The maximum Gasteiger partial charge on any atom is 0.302 e. The number of alkyl halides is 1. The molecule has 2 fully saturated rings. The first-order valence-electron chi connectivity index (χ1n) is 21.0. The number of nitrogens with zero attached hydrogens (tertiary/aromatic N) is 6. The standard InChI is InChI=1S/C22H28FN5O6S.C20H25ClFN5O4S/c1-14(29)34-10-3-11-35(31,32)28-8-6-16(7-9-28)26-22-25-13-18(21(24)27-22)20(30)17-12-15(23)4-5-19(17)33-2;1-31-17-4-3-13(22)11-15(17)18(28)16-12-24-20(26-19(16)23)25-14-5-8-27(9-6-14)32(29,30)10-2-7-21/h4-5,12-13,16H,3,6-11H2,1-2H3,(H3,24,25,26,27);3-4,11-12,14H,2,5-10H2,1H3,(H3,23,24,25,26). The van der Waals surface area contributed by atoms with Crippen LogP contribution >= 0.6 is 11.6 Å². The van der Waals surface area contributed by atoms with Crippen molar-refractivity contribution in [2.45, 2.75) is 57.5 Å². The molecular weight excluding hydrogens is 942 g/mol. The van der Waals surface area contributed by atoms with Crippen LogP contribution in [0.4, 0.5) is 32.3 Å². The average Bonchev–Trinajstić information content (AvgIpc) is 3.30. The minimum absolute atomic E-state index is 0.00458. The molecule has 20 nitrogen and oxygen atoms in total. The quantitative estimate of drug-likeness (QED) is 0.0449. The van der Waals surface area contributed by atoms with Crippen molar-refractivity contribution in [3.05, 3.63) is 82.7 Å². The lowest BCUT2D eigenvalue weighted by Crippen LogP contribution is -2.43. The average molecular weight is 996 g/mol. The van der Waals surface area contributed by atoms with Gasteiger partial charge < -0.3 is 36.3 Å². The fraction of sp³-hybridized carbons (Fsp3) is 0.452. The van der Waals surface area contributed by atoms with Gasteiger partial charge in [0.2, 0.25) is 43.5 Å². The number of nitrogens with two attached hydrogens (primary N) is 2. The van der Waals surface area contributed by atoms with Crippen molar-refractivity contribution in [2.24, 2.45) is 0 Å². The number of rotatable bonds is 19. The molecule has 4 heterocycles. The van der Waals surface area contributed by atoms with Crippen LogP contribution in [0.3, 0.4) is 0 Å². The third-order valence-corrected chi connectivity index (χ3v) is 14.9. The van der Waals surface area contributed by atoms with Crippen LogP contribution < -0.4 is 31.6 Å². The predicted octanol–water partition coefficient (Wildman–Crippen LogP) is 3.87. The Bertz CT molecular complexity index is 2620. The maximum absolute atomic E-state index is 13.7. The number of anilines is 4. The second-order valence-corrected chi connectivity index (χ2v) is 19.9. The summed E-state index contributed by atoms with van der Waals surface area (Å²) in [5.41, 5.74) is 12.0. The van der Waals surface area contributed by atoms with E-state index in [1.54, 1.807) is 0 Å². The molecule has 0 radical (unpaired) electrons. The van der Waals surface area contributed by atoms with Crippen LogP contribution in [-0.2, 0) is 29.6 Å². The fourth-order valence-electron chi connectivity index (χ4n) is 7.16. The Hall–Kier alpha value is -5.82. The Kier molecular flexibility index (Phi) is 18.5. The van der Waals surface area contributed by atoms with Gasteiger partial charge >= 0.3 is 5.97 Å². The van der Waals surface area contributed by atoms with Gasteiger partial charge in [0, 0.05) is 63.5 Å². The van der Waals surface area contributed by atoms with Gasteiger partial charge in [-0.1, -0.05) is 0 Å². The zero-order valence-electron chi connectivity index (χ0n) is 37.0. The van der Waals surface area contributed by atoms with Crippen LogP contribution in [-0.4, -0.2) is 139 Å². The number of hydrogen-bond donors (Lipinski definition) is 4. The molecule has 0 saturated carbocycles. The van der Waals surface area contributed by atoms with E-state index < -0.39 is 49.2 Å². The smallest absolute Gasteiger partial charge is 0.302 e. The molecule has 25 heteroatoms. The largest absolute Gasteiger partial charge is 0.496 e. The second-order valence-electron chi connectivity index (χ2n) is 15.3. The summed E-state index contributed by atoms with van der Waals surface area (Å²) >= 11 is 5.60. The molecule has 0 aliphatic carbocycles.